The topological polar surface area (TPSA) is 64.9 Å². The second kappa shape index (κ2) is 6.27. The molecule has 0 aliphatic heterocycles. The van der Waals surface area contributed by atoms with E-state index in [0.717, 1.165) is 16.5 Å². The van der Waals surface area contributed by atoms with Crippen molar-refractivity contribution < 1.29 is 4.79 Å². The molecule has 2 rings (SSSR count). The van der Waals surface area contributed by atoms with Gasteiger partial charge in [0.2, 0.25) is 0 Å². The number of urea groups is 1. The lowest BCUT2D eigenvalue weighted by molar-refractivity contribution is 0.242. The molecule has 2 aromatic carbocycles. The maximum absolute atomic E-state index is 12.2. The maximum atomic E-state index is 12.2. The molecule has 0 saturated carbocycles. The van der Waals surface area contributed by atoms with Gasteiger partial charge in [-0.25, -0.2) is 4.79 Å². The minimum atomic E-state index is -0.811. The number of amides is 2. The molecule has 0 aliphatic carbocycles. The van der Waals surface area contributed by atoms with Crippen LogP contribution in [0.15, 0.2) is 42.5 Å². The van der Waals surface area contributed by atoms with Crippen molar-refractivity contribution in [2.24, 2.45) is 0 Å². The highest BCUT2D eigenvalue weighted by Crippen LogP contribution is 2.23. The molecule has 0 saturated heterocycles. The summed E-state index contributed by atoms with van der Waals surface area (Å²) in [5.74, 6) is 0. The molecule has 2 aromatic rings. The van der Waals surface area contributed by atoms with E-state index in [2.05, 4.69) is 16.7 Å². The van der Waals surface area contributed by atoms with Crippen molar-refractivity contribution in [3.8, 4) is 6.07 Å². The number of carbonyl (C=O) groups is 1. The Hall–Kier alpha value is -2.54. The number of nitrogens with one attached hydrogen (secondary N) is 2. The maximum Gasteiger partial charge on any atom is 0.320 e. The molecule has 2 amide bonds. The summed E-state index contributed by atoms with van der Waals surface area (Å²) in [6.07, 6.45) is 1.14. The summed E-state index contributed by atoms with van der Waals surface area (Å²) in [5, 5.41) is 16.9. The highest BCUT2D eigenvalue weighted by molar-refractivity contribution is 6.01. The Morgan fingerprint density at radius 3 is 2.48 bits per heavy atom. The van der Waals surface area contributed by atoms with Crippen LogP contribution in [0, 0.1) is 11.3 Å². The number of nitriles is 1. The number of rotatable bonds is 4. The first kappa shape index (κ1) is 14.9. The molecule has 108 valence electrons. The largest absolute Gasteiger partial charge is 0.320 e. The normalized spacial score (nSPS) is 10.9. The van der Waals surface area contributed by atoms with Gasteiger partial charge in [-0.1, -0.05) is 50.2 Å². The van der Waals surface area contributed by atoms with Crippen molar-refractivity contribution in [2.75, 3.05) is 5.32 Å². The van der Waals surface area contributed by atoms with Crippen molar-refractivity contribution in [1.29, 1.82) is 5.26 Å². The number of fused-ring (bicyclic) bond motifs is 1. The predicted octanol–water partition coefficient (Wildman–Crippen LogP) is 4.04. The van der Waals surface area contributed by atoms with E-state index in [1.54, 1.807) is 0 Å². The van der Waals surface area contributed by atoms with Crippen LogP contribution >= 0.6 is 0 Å². The Bertz CT molecular complexity index is 678. The summed E-state index contributed by atoms with van der Waals surface area (Å²) in [7, 11) is 0. The van der Waals surface area contributed by atoms with Crippen LogP contribution in [-0.2, 0) is 0 Å². The number of carbonyl (C=O) groups excluding carboxylic acids is 1. The second-order valence-electron chi connectivity index (χ2n) is 5.01. The summed E-state index contributed by atoms with van der Waals surface area (Å²) in [6, 6.07) is 15.4. The summed E-state index contributed by atoms with van der Waals surface area (Å²) >= 11 is 0. The van der Waals surface area contributed by atoms with Crippen LogP contribution < -0.4 is 10.6 Å². The third-order valence-corrected chi connectivity index (χ3v) is 3.81. The van der Waals surface area contributed by atoms with Crippen molar-refractivity contribution in [1.82, 2.24) is 5.32 Å². The first-order chi connectivity index (χ1) is 10.1. The monoisotopic (exact) mass is 281 g/mol. The third kappa shape index (κ3) is 3.14. The molecular formula is C17H19N3O. The molecular weight excluding hydrogens is 262 g/mol. The van der Waals surface area contributed by atoms with Gasteiger partial charge in [0, 0.05) is 5.39 Å². The van der Waals surface area contributed by atoms with E-state index < -0.39 is 5.54 Å². The smallest absolute Gasteiger partial charge is 0.319 e. The molecule has 0 aromatic heterocycles. The van der Waals surface area contributed by atoms with Crippen LogP contribution in [0.2, 0.25) is 0 Å². The SMILES string of the molecule is CCC(C#N)(CC)NC(=O)Nc1cccc2ccccc12. The number of benzene rings is 2. The van der Waals surface area contributed by atoms with E-state index in [9.17, 15) is 10.1 Å². The molecule has 2 N–H and O–H groups in total. The molecule has 0 spiro atoms. The molecule has 21 heavy (non-hydrogen) atoms. The first-order valence-corrected chi connectivity index (χ1v) is 7.12. The van der Waals surface area contributed by atoms with Crippen LogP contribution in [0.3, 0.4) is 0 Å². The highest BCUT2D eigenvalue weighted by atomic mass is 16.2. The van der Waals surface area contributed by atoms with Crippen molar-refractivity contribution in [3.63, 3.8) is 0 Å². The van der Waals surface area contributed by atoms with Gasteiger partial charge in [-0.2, -0.15) is 5.26 Å². The zero-order valence-electron chi connectivity index (χ0n) is 12.3. The van der Waals surface area contributed by atoms with Gasteiger partial charge in [0.05, 0.1) is 11.8 Å². The Kier molecular flexibility index (Phi) is 4.44. The highest BCUT2D eigenvalue weighted by Gasteiger charge is 2.27. The van der Waals surface area contributed by atoms with E-state index in [1.807, 2.05) is 56.3 Å². The van der Waals surface area contributed by atoms with Gasteiger partial charge in [0.25, 0.3) is 0 Å². The fraction of sp³-hybridized carbons (Fsp3) is 0.294. The fourth-order valence-electron chi connectivity index (χ4n) is 2.32. The summed E-state index contributed by atoms with van der Waals surface area (Å²) < 4.78 is 0. The molecule has 0 bridgehead atoms. The van der Waals surface area contributed by atoms with Crippen LogP contribution in [0.1, 0.15) is 26.7 Å². The number of nitrogens with zero attached hydrogens (tertiary/aromatic N) is 1. The Morgan fingerprint density at radius 1 is 1.14 bits per heavy atom. The number of hydrogen-bond donors (Lipinski definition) is 2. The molecule has 0 radical (unpaired) electrons. The van der Waals surface area contributed by atoms with E-state index in [4.69, 9.17) is 0 Å². The van der Waals surface area contributed by atoms with Crippen LogP contribution in [0.4, 0.5) is 10.5 Å². The van der Waals surface area contributed by atoms with Gasteiger partial charge in [-0.3, -0.25) is 0 Å². The lowest BCUT2D eigenvalue weighted by atomic mass is 9.95. The zero-order chi connectivity index (χ0) is 15.3. The average Bonchev–Trinajstić information content (AvgIpc) is 2.53. The molecule has 4 heteroatoms. The van der Waals surface area contributed by atoms with E-state index in [0.29, 0.717) is 12.8 Å². The Morgan fingerprint density at radius 2 is 1.81 bits per heavy atom. The van der Waals surface area contributed by atoms with Crippen LogP contribution in [0.5, 0.6) is 0 Å². The lowest BCUT2D eigenvalue weighted by Crippen LogP contribution is -2.48. The summed E-state index contributed by atoms with van der Waals surface area (Å²) in [4.78, 5) is 12.2. The zero-order valence-corrected chi connectivity index (χ0v) is 12.3. The van der Waals surface area contributed by atoms with E-state index >= 15 is 0 Å². The van der Waals surface area contributed by atoms with Gasteiger partial charge < -0.3 is 10.6 Å². The van der Waals surface area contributed by atoms with Crippen LogP contribution in [-0.4, -0.2) is 11.6 Å². The number of hydrogen-bond acceptors (Lipinski definition) is 2. The quantitative estimate of drug-likeness (QED) is 0.888. The molecule has 0 unspecified atom stereocenters. The summed E-state index contributed by atoms with van der Waals surface area (Å²) in [6.45, 7) is 3.79. The van der Waals surface area contributed by atoms with Gasteiger partial charge in [0.15, 0.2) is 0 Å². The van der Waals surface area contributed by atoms with Gasteiger partial charge in [-0.15, -0.1) is 0 Å². The van der Waals surface area contributed by atoms with Crippen molar-refractivity contribution >= 4 is 22.5 Å². The Labute approximate surface area is 124 Å². The molecule has 4 nitrogen and oxygen atoms in total. The molecule has 0 atom stereocenters. The van der Waals surface area contributed by atoms with Gasteiger partial charge in [-0.05, 0) is 24.3 Å². The van der Waals surface area contributed by atoms with E-state index in [1.165, 1.54) is 0 Å². The van der Waals surface area contributed by atoms with Gasteiger partial charge >= 0.3 is 6.03 Å². The van der Waals surface area contributed by atoms with Crippen molar-refractivity contribution in [3.05, 3.63) is 42.5 Å². The predicted molar refractivity (Wildman–Crippen MR) is 85.0 cm³/mol. The number of anilines is 1. The van der Waals surface area contributed by atoms with Crippen LogP contribution in [0.25, 0.3) is 10.8 Å². The van der Waals surface area contributed by atoms with E-state index in [-0.39, 0.29) is 6.03 Å². The lowest BCUT2D eigenvalue weighted by Gasteiger charge is -2.25. The summed E-state index contributed by atoms with van der Waals surface area (Å²) in [5.41, 5.74) is -0.0704. The standard InChI is InChI=1S/C17H19N3O/c1-3-17(4-2,12-18)20-16(21)19-15-11-7-9-13-8-5-6-10-14(13)15/h5-11H,3-4H2,1-2H3,(H2,19,20,21). The fourth-order valence-corrected chi connectivity index (χ4v) is 2.32. The average molecular weight is 281 g/mol. The minimum Gasteiger partial charge on any atom is -0.319 e. The molecule has 0 aliphatic rings. The Balaban J connectivity index is 2.21. The van der Waals surface area contributed by atoms with Crippen molar-refractivity contribution in [2.45, 2.75) is 32.2 Å². The van der Waals surface area contributed by atoms with Gasteiger partial charge in [0.1, 0.15) is 5.54 Å². The molecule has 0 heterocycles. The molecule has 0 fully saturated rings. The minimum absolute atomic E-state index is 0.350. The second-order valence-corrected chi connectivity index (χ2v) is 5.01. The first-order valence-electron chi connectivity index (χ1n) is 7.12. The third-order valence-electron chi connectivity index (χ3n) is 3.81.